The average molecular weight is 559 g/mol. The van der Waals surface area contributed by atoms with E-state index >= 15 is 0 Å². The molecule has 4 aromatic rings. The number of imide groups is 1. The zero-order valence-corrected chi connectivity index (χ0v) is 22.7. The number of carbonyl (C=O) groups excluding carboxylic acids is 4. The highest BCUT2D eigenvalue weighted by molar-refractivity contribution is 6.23. The van der Waals surface area contributed by atoms with Crippen LogP contribution in [0.2, 0.25) is 0 Å². The first-order chi connectivity index (χ1) is 20.5. The molecule has 8 rings (SSSR count). The van der Waals surface area contributed by atoms with E-state index in [2.05, 4.69) is 29.6 Å². The lowest BCUT2D eigenvalue weighted by atomic mass is 9.55. The van der Waals surface area contributed by atoms with Gasteiger partial charge in [0, 0.05) is 11.8 Å². The van der Waals surface area contributed by atoms with Gasteiger partial charge in [-0.1, -0.05) is 60.7 Å². The van der Waals surface area contributed by atoms with E-state index in [0.29, 0.717) is 17.1 Å². The van der Waals surface area contributed by atoms with Crippen LogP contribution in [-0.4, -0.2) is 37.4 Å². The fourth-order valence-corrected chi connectivity index (χ4v) is 6.83. The molecule has 1 N–H and O–H groups in total. The van der Waals surface area contributed by atoms with Crippen molar-refractivity contribution in [3.05, 3.63) is 125 Å². The molecule has 4 aliphatic rings. The maximum atomic E-state index is 13.9. The molecule has 3 aliphatic carbocycles. The van der Waals surface area contributed by atoms with Crippen LogP contribution in [0, 0.1) is 11.8 Å². The van der Waals surface area contributed by atoms with Gasteiger partial charge in [-0.3, -0.25) is 14.4 Å². The van der Waals surface area contributed by atoms with Gasteiger partial charge >= 0.3 is 5.97 Å². The maximum Gasteiger partial charge on any atom is 0.338 e. The molecular weight excluding hydrogens is 532 g/mol. The number of anilines is 2. The second kappa shape index (κ2) is 9.99. The zero-order chi connectivity index (χ0) is 29.0. The second-order valence-corrected chi connectivity index (χ2v) is 10.6. The molecule has 0 aromatic heterocycles. The fraction of sp³-hybridized carbons (Fsp3) is 0.176. The molecule has 0 spiro atoms. The van der Waals surface area contributed by atoms with Crippen LogP contribution < -0.4 is 15.0 Å². The lowest BCUT2D eigenvalue weighted by Crippen LogP contribution is -2.41. The summed E-state index contributed by atoms with van der Waals surface area (Å²) in [7, 11) is 1.49. The standard InChI is InChI=1S/C34H26N2O6/c1-41-26-13-7-6-12-25(26)35-27(37)18-42-34(40)19-14-16-20(17-15-19)36-32(38)30-28-21-8-2-3-9-22(21)29(31(30)33(36)39)24-11-5-4-10-23(24)28/h2-17,28-31H,18H2,1H3,(H,35,37)/t28?,29?,30-,31+. The second-order valence-electron chi connectivity index (χ2n) is 10.6. The summed E-state index contributed by atoms with van der Waals surface area (Å²) in [6.45, 7) is -0.491. The molecule has 0 radical (unpaired) electrons. The number of nitrogens with zero attached hydrogens (tertiary/aromatic N) is 1. The SMILES string of the molecule is COc1ccccc1NC(=O)COC(=O)c1ccc(N2C(=O)[C@@H]3C4c5ccccc5C(c5ccccc54)[C@@H]3C2=O)cc1. The lowest BCUT2D eigenvalue weighted by Gasteiger charge is -2.45. The van der Waals surface area contributed by atoms with E-state index < -0.39 is 30.3 Å². The summed E-state index contributed by atoms with van der Waals surface area (Å²) in [5.41, 5.74) is 5.50. The molecule has 0 saturated carbocycles. The highest BCUT2D eigenvalue weighted by Gasteiger charge is 2.61. The summed E-state index contributed by atoms with van der Waals surface area (Å²) >= 11 is 0. The van der Waals surface area contributed by atoms with Crippen molar-refractivity contribution in [3.8, 4) is 5.75 Å². The number of benzene rings is 4. The molecule has 1 aliphatic heterocycles. The Hall–Kier alpha value is -5.24. The topological polar surface area (TPSA) is 102 Å². The van der Waals surface area contributed by atoms with E-state index in [-0.39, 0.29) is 29.2 Å². The number of hydrogen-bond donors (Lipinski definition) is 1. The summed E-state index contributed by atoms with van der Waals surface area (Å²) < 4.78 is 10.4. The normalized spacial score (nSPS) is 21.3. The summed E-state index contributed by atoms with van der Waals surface area (Å²) in [5.74, 6) is -2.54. The Balaban J connectivity index is 1.09. The number of para-hydroxylation sites is 2. The third kappa shape index (κ3) is 3.90. The molecule has 3 amide bonds. The van der Waals surface area contributed by atoms with Gasteiger partial charge in [0.15, 0.2) is 6.61 Å². The van der Waals surface area contributed by atoms with Gasteiger partial charge in [-0.05, 0) is 58.7 Å². The van der Waals surface area contributed by atoms with Crippen molar-refractivity contribution < 1.29 is 28.7 Å². The summed E-state index contributed by atoms with van der Waals surface area (Å²) in [5, 5.41) is 2.65. The minimum Gasteiger partial charge on any atom is -0.495 e. The number of esters is 1. The van der Waals surface area contributed by atoms with E-state index in [9.17, 15) is 19.2 Å². The van der Waals surface area contributed by atoms with Gasteiger partial charge in [-0.15, -0.1) is 0 Å². The van der Waals surface area contributed by atoms with E-state index in [4.69, 9.17) is 9.47 Å². The monoisotopic (exact) mass is 558 g/mol. The van der Waals surface area contributed by atoms with E-state index in [1.807, 2.05) is 24.3 Å². The minimum absolute atomic E-state index is 0.190. The third-order valence-corrected chi connectivity index (χ3v) is 8.53. The van der Waals surface area contributed by atoms with Crippen molar-refractivity contribution in [2.24, 2.45) is 11.8 Å². The number of methoxy groups -OCH3 is 1. The van der Waals surface area contributed by atoms with Gasteiger partial charge in [0.2, 0.25) is 11.8 Å². The first kappa shape index (κ1) is 25.7. The van der Waals surface area contributed by atoms with Crippen LogP contribution in [-0.2, 0) is 19.1 Å². The van der Waals surface area contributed by atoms with Crippen molar-refractivity contribution in [1.29, 1.82) is 0 Å². The van der Waals surface area contributed by atoms with Crippen molar-refractivity contribution in [2.75, 3.05) is 23.9 Å². The van der Waals surface area contributed by atoms with Gasteiger partial charge in [-0.25, -0.2) is 9.69 Å². The van der Waals surface area contributed by atoms with Crippen molar-refractivity contribution >= 4 is 35.1 Å². The predicted molar refractivity (Wildman–Crippen MR) is 154 cm³/mol. The Morgan fingerprint density at radius 2 is 1.21 bits per heavy atom. The number of carbonyl (C=O) groups is 4. The smallest absolute Gasteiger partial charge is 0.338 e. The van der Waals surface area contributed by atoms with Crippen LogP contribution in [0.3, 0.4) is 0 Å². The van der Waals surface area contributed by atoms with E-state index in [1.165, 1.54) is 24.1 Å². The molecule has 42 heavy (non-hydrogen) atoms. The van der Waals surface area contributed by atoms with Crippen molar-refractivity contribution in [3.63, 3.8) is 0 Å². The number of hydrogen-bond acceptors (Lipinski definition) is 6. The molecule has 4 aromatic carbocycles. The molecule has 1 fully saturated rings. The minimum atomic E-state index is -0.701. The van der Waals surface area contributed by atoms with E-state index in [1.54, 1.807) is 36.4 Å². The molecule has 2 atom stereocenters. The predicted octanol–water partition coefficient (Wildman–Crippen LogP) is 4.89. The van der Waals surface area contributed by atoms with Crippen molar-refractivity contribution in [1.82, 2.24) is 0 Å². The molecule has 1 heterocycles. The quantitative estimate of drug-likeness (QED) is 0.267. The highest BCUT2D eigenvalue weighted by Crippen LogP contribution is 2.61. The fourth-order valence-electron chi connectivity index (χ4n) is 6.83. The lowest BCUT2D eigenvalue weighted by molar-refractivity contribution is -0.122. The Bertz CT molecular complexity index is 1650. The van der Waals surface area contributed by atoms with Gasteiger partial charge in [0.05, 0.1) is 35.9 Å². The summed E-state index contributed by atoms with van der Waals surface area (Å²) in [6, 6.07) is 29.2. The molecular formula is C34H26N2O6. The highest BCUT2D eigenvalue weighted by atomic mass is 16.5. The summed E-state index contributed by atoms with van der Waals surface area (Å²) in [6.07, 6.45) is 0. The van der Waals surface area contributed by atoms with Crippen LogP contribution in [0.25, 0.3) is 0 Å². The zero-order valence-electron chi connectivity index (χ0n) is 22.7. The van der Waals surface area contributed by atoms with Crippen LogP contribution in [0.1, 0.15) is 44.4 Å². The third-order valence-electron chi connectivity index (χ3n) is 8.53. The molecule has 208 valence electrons. The Kier molecular flexibility index (Phi) is 6.12. The Labute approximate surface area is 241 Å². The van der Waals surface area contributed by atoms with Crippen LogP contribution in [0.5, 0.6) is 5.75 Å². The molecule has 1 saturated heterocycles. The van der Waals surface area contributed by atoms with Crippen LogP contribution >= 0.6 is 0 Å². The van der Waals surface area contributed by atoms with Gasteiger partial charge in [0.1, 0.15) is 5.75 Å². The number of rotatable bonds is 6. The molecule has 2 bridgehead atoms. The van der Waals surface area contributed by atoms with Gasteiger partial charge in [-0.2, -0.15) is 0 Å². The largest absolute Gasteiger partial charge is 0.495 e. The average Bonchev–Trinajstić information content (AvgIpc) is 3.30. The van der Waals surface area contributed by atoms with Crippen LogP contribution in [0.15, 0.2) is 97.1 Å². The van der Waals surface area contributed by atoms with Crippen LogP contribution in [0.4, 0.5) is 11.4 Å². The summed E-state index contributed by atoms with van der Waals surface area (Å²) in [4.78, 5) is 54.1. The Morgan fingerprint density at radius 3 is 1.74 bits per heavy atom. The van der Waals surface area contributed by atoms with E-state index in [0.717, 1.165) is 22.3 Å². The van der Waals surface area contributed by atoms with Crippen molar-refractivity contribution in [2.45, 2.75) is 11.8 Å². The molecule has 0 unspecified atom stereocenters. The first-order valence-corrected chi connectivity index (χ1v) is 13.7. The first-order valence-electron chi connectivity index (χ1n) is 13.7. The number of ether oxygens (including phenoxy) is 2. The Morgan fingerprint density at radius 1 is 0.714 bits per heavy atom. The maximum absolute atomic E-state index is 13.9. The number of nitrogens with one attached hydrogen (secondary N) is 1. The molecule has 8 nitrogen and oxygen atoms in total. The van der Waals surface area contributed by atoms with Gasteiger partial charge in [0.25, 0.3) is 5.91 Å². The molecule has 8 heteroatoms. The van der Waals surface area contributed by atoms with Gasteiger partial charge < -0.3 is 14.8 Å². The number of amides is 3.